The Morgan fingerprint density at radius 1 is 1.04 bits per heavy atom. The fraction of sp³-hybridized carbons (Fsp3) is 0.645. The number of amides is 1. The average Bonchev–Trinajstić information content (AvgIpc) is 3.86. The molecule has 6 rings (SSSR count). The summed E-state index contributed by atoms with van der Waals surface area (Å²) in [5, 5.41) is 3.53. The third-order valence-electron chi connectivity index (χ3n) is 9.72. The zero-order chi connectivity index (χ0) is 32.4. The molecule has 2 aliphatic carbocycles. The van der Waals surface area contributed by atoms with Crippen LogP contribution < -0.4 is 20.4 Å². The Bertz CT molecular complexity index is 1540. The molecule has 2 aromatic rings. The van der Waals surface area contributed by atoms with E-state index in [-0.39, 0.29) is 34.8 Å². The predicted molar refractivity (Wildman–Crippen MR) is 169 cm³/mol. The van der Waals surface area contributed by atoms with Gasteiger partial charge in [0.25, 0.3) is 0 Å². The number of anilines is 1. The molecule has 1 amide bonds. The van der Waals surface area contributed by atoms with E-state index in [1.54, 1.807) is 4.57 Å². The molecule has 4 fully saturated rings. The molecule has 12 nitrogen and oxygen atoms in total. The van der Waals surface area contributed by atoms with Gasteiger partial charge in [-0.2, -0.15) is 0 Å². The molecular weight excluding hydrogens is 637 g/mol. The molecule has 0 radical (unpaired) electrons. The van der Waals surface area contributed by atoms with Gasteiger partial charge in [-0.1, -0.05) is 25.7 Å². The van der Waals surface area contributed by atoms with Gasteiger partial charge in [0.1, 0.15) is 11.3 Å². The number of pyridine rings is 1. The van der Waals surface area contributed by atoms with Gasteiger partial charge in [0.2, 0.25) is 12.2 Å². The summed E-state index contributed by atoms with van der Waals surface area (Å²) < 4.78 is 57.4. The van der Waals surface area contributed by atoms with Gasteiger partial charge in [-0.05, 0) is 57.1 Å². The van der Waals surface area contributed by atoms with Crippen molar-refractivity contribution in [1.82, 2.24) is 14.8 Å². The molecule has 2 unspecified atom stereocenters. The fourth-order valence-electron chi connectivity index (χ4n) is 7.32. The van der Waals surface area contributed by atoms with Crippen LogP contribution in [0, 0.1) is 11.7 Å². The number of hydrogen-bond donors (Lipinski definition) is 1. The summed E-state index contributed by atoms with van der Waals surface area (Å²) in [6.07, 6.45) is 9.29. The molecule has 2 saturated carbocycles. The fourth-order valence-corrected chi connectivity index (χ4v) is 8.24. The van der Waals surface area contributed by atoms with Crippen LogP contribution in [0.1, 0.15) is 80.6 Å². The monoisotopic (exact) mass is 676 g/mol. The van der Waals surface area contributed by atoms with E-state index in [0.29, 0.717) is 43.1 Å². The lowest BCUT2D eigenvalue weighted by Gasteiger charge is -2.30. The van der Waals surface area contributed by atoms with Crippen molar-refractivity contribution in [3.05, 3.63) is 33.9 Å². The Balaban J connectivity index is 1.25. The first kappa shape index (κ1) is 32.8. The number of esters is 1. The highest BCUT2D eigenvalue weighted by atomic mass is 31.1. The number of benzene rings is 1. The van der Waals surface area contributed by atoms with Crippen molar-refractivity contribution in [3.63, 3.8) is 0 Å². The number of nitrogens with one attached hydrogen (secondary N) is 1. The quantitative estimate of drug-likeness (QED) is 0.142. The first-order valence-corrected chi connectivity index (χ1v) is 17.8. The number of halogens is 1. The van der Waals surface area contributed by atoms with Crippen LogP contribution in [-0.4, -0.2) is 72.7 Å². The minimum Gasteiger partial charge on any atom is -0.492 e. The highest BCUT2D eigenvalue weighted by Crippen LogP contribution is 2.45. The minimum absolute atomic E-state index is 0.00234. The standard InChI is InChI=1S/C31H39FN4O8P2/c1-42-28-25-21(13-23(32)26(28)34-14-18-7-6-12-33-24(18)16-34)27(37)22(15-35(25)19-10-11-19)29(38)43-17-44-30(39)36(31(45-40)46-41)20-8-4-2-3-5-9-20/h13,15,18-20,24,31,33H,2-12,14,16-17H2,1H3. The van der Waals surface area contributed by atoms with E-state index in [0.717, 1.165) is 57.9 Å². The second-order valence-electron chi connectivity index (χ2n) is 12.6. The van der Waals surface area contributed by atoms with E-state index < -0.39 is 52.5 Å². The van der Waals surface area contributed by atoms with E-state index >= 15 is 4.39 Å². The maximum absolute atomic E-state index is 15.9. The number of ether oxygens (including phenoxy) is 3. The second-order valence-corrected chi connectivity index (χ2v) is 14.4. The summed E-state index contributed by atoms with van der Waals surface area (Å²) in [5.74, 6) is -0.982. The lowest BCUT2D eigenvalue weighted by molar-refractivity contribution is -0.0154. The van der Waals surface area contributed by atoms with Gasteiger partial charge in [0.05, 0.1) is 18.0 Å². The molecule has 2 saturated heterocycles. The maximum atomic E-state index is 15.9. The van der Waals surface area contributed by atoms with Crippen LogP contribution >= 0.6 is 16.9 Å². The summed E-state index contributed by atoms with van der Waals surface area (Å²) in [4.78, 5) is 43.1. The molecule has 2 atom stereocenters. The summed E-state index contributed by atoms with van der Waals surface area (Å²) in [6.45, 7) is 1.42. The van der Waals surface area contributed by atoms with Gasteiger partial charge >= 0.3 is 12.1 Å². The third-order valence-corrected chi connectivity index (χ3v) is 11.2. The lowest BCUT2D eigenvalue weighted by Crippen LogP contribution is -2.43. The van der Waals surface area contributed by atoms with Crippen LogP contribution in [0.4, 0.5) is 14.9 Å². The van der Waals surface area contributed by atoms with Crippen molar-refractivity contribution in [2.45, 2.75) is 87.9 Å². The molecule has 46 heavy (non-hydrogen) atoms. The van der Waals surface area contributed by atoms with Gasteiger partial charge < -0.3 is 29.0 Å². The number of piperidine rings is 1. The molecule has 0 spiro atoms. The van der Waals surface area contributed by atoms with Crippen LogP contribution in [0.25, 0.3) is 10.9 Å². The van der Waals surface area contributed by atoms with E-state index in [9.17, 15) is 23.5 Å². The Hall–Kier alpha value is -3.14. The Morgan fingerprint density at radius 2 is 1.78 bits per heavy atom. The van der Waals surface area contributed by atoms with Crippen molar-refractivity contribution in [2.75, 3.05) is 38.4 Å². The van der Waals surface area contributed by atoms with E-state index in [1.807, 2.05) is 4.90 Å². The Kier molecular flexibility index (Phi) is 10.2. The van der Waals surface area contributed by atoms with E-state index in [4.69, 9.17) is 14.2 Å². The van der Waals surface area contributed by atoms with Crippen LogP contribution in [0.5, 0.6) is 5.75 Å². The summed E-state index contributed by atoms with van der Waals surface area (Å²) in [6, 6.07) is 1.11. The van der Waals surface area contributed by atoms with Gasteiger partial charge in [-0.15, -0.1) is 0 Å². The zero-order valence-electron chi connectivity index (χ0n) is 25.8. The number of methoxy groups -OCH3 is 1. The van der Waals surface area contributed by atoms with Crippen LogP contribution in [0.3, 0.4) is 0 Å². The van der Waals surface area contributed by atoms with Crippen molar-refractivity contribution in [2.24, 2.45) is 5.92 Å². The topological polar surface area (TPSA) is 136 Å². The van der Waals surface area contributed by atoms with E-state index in [2.05, 4.69) is 5.32 Å². The van der Waals surface area contributed by atoms with E-state index in [1.165, 1.54) is 24.3 Å². The largest absolute Gasteiger partial charge is 0.492 e. The van der Waals surface area contributed by atoms with Crippen molar-refractivity contribution in [3.8, 4) is 5.75 Å². The highest BCUT2D eigenvalue weighted by Gasteiger charge is 2.39. The molecule has 1 aromatic carbocycles. The average molecular weight is 677 g/mol. The number of hydrogen-bond acceptors (Lipinski definition) is 10. The minimum atomic E-state index is -1.13. The molecule has 248 valence electrons. The summed E-state index contributed by atoms with van der Waals surface area (Å²) in [7, 11) is 0.445. The van der Waals surface area contributed by atoms with Gasteiger partial charge in [-0.25, -0.2) is 14.0 Å². The Labute approximate surface area is 269 Å². The number of carbonyl (C=O) groups excluding carboxylic acids is 2. The molecule has 3 heterocycles. The second kappa shape index (κ2) is 14.3. The van der Waals surface area contributed by atoms with Crippen LogP contribution in [0.15, 0.2) is 17.1 Å². The first-order chi connectivity index (χ1) is 22.4. The van der Waals surface area contributed by atoms with Gasteiger partial charge in [-0.3, -0.25) is 18.8 Å². The van der Waals surface area contributed by atoms with Crippen LogP contribution in [0.2, 0.25) is 0 Å². The molecule has 1 aromatic heterocycles. The normalized spacial score (nSPS) is 22.8. The highest BCUT2D eigenvalue weighted by molar-refractivity contribution is 7.44. The number of aromatic nitrogens is 1. The molecule has 1 N–H and O–H groups in total. The van der Waals surface area contributed by atoms with Crippen molar-refractivity contribution < 1.29 is 37.3 Å². The molecular formula is C31H39FN4O8P2. The van der Waals surface area contributed by atoms with Crippen molar-refractivity contribution >= 4 is 45.6 Å². The van der Waals surface area contributed by atoms with Crippen molar-refractivity contribution in [1.29, 1.82) is 0 Å². The molecule has 4 aliphatic rings. The SMILES string of the molecule is COc1c(N2CC3CCCNC3C2)c(F)cc2c(=O)c(C(=O)OCOC(=O)N(C3CCCCCC3)C(P=O)P=O)cn(C3CC3)c12. The first-order valence-electron chi connectivity index (χ1n) is 16.1. The number of rotatable bonds is 10. The number of carbonyl (C=O) groups is 2. The lowest BCUT2D eigenvalue weighted by atomic mass is 9.94. The maximum Gasteiger partial charge on any atom is 0.414 e. The molecule has 2 aliphatic heterocycles. The van der Waals surface area contributed by atoms with Gasteiger partial charge in [0.15, 0.2) is 34.0 Å². The Morgan fingerprint density at radius 3 is 2.43 bits per heavy atom. The third kappa shape index (κ3) is 6.51. The summed E-state index contributed by atoms with van der Waals surface area (Å²) in [5.41, 5.74) is -1.44. The van der Waals surface area contributed by atoms with Gasteiger partial charge in [0, 0.05) is 37.4 Å². The molecule has 15 heteroatoms. The smallest absolute Gasteiger partial charge is 0.414 e. The number of nitrogens with zero attached hydrogens (tertiary/aromatic N) is 3. The van der Waals surface area contributed by atoms with Crippen LogP contribution in [-0.2, 0) is 18.6 Å². The summed E-state index contributed by atoms with van der Waals surface area (Å²) >= 11 is 0. The molecule has 0 bridgehead atoms. The number of fused-ring (bicyclic) bond motifs is 2. The predicted octanol–water partition coefficient (Wildman–Crippen LogP) is 5.82. The zero-order valence-corrected chi connectivity index (χ0v) is 27.6.